The number of carboxylic acid groups (broad SMARTS) is 1. The maximum absolute atomic E-state index is 12.7. The van der Waals surface area contributed by atoms with Crippen LogP contribution in [0.5, 0.6) is 0 Å². The summed E-state index contributed by atoms with van der Waals surface area (Å²) in [6, 6.07) is 2.55. The van der Waals surface area contributed by atoms with Gasteiger partial charge < -0.3 is 15.2 Å². The Labute approximate surface area is 143 Å². The predicted molar refractivity (Wildman–Crippen MR) is 79.9 cm³/mol. The average Bonchev–Trinajstić information content (AvgIpc) is 2.97. The molecule has 0 spiro atoms. The number of carbonyl (C=O) groups excluding carboxylic acids is 2. The van der Waals surface area contributed by atoms with Crippen molar-refractivity contribution in [2.75, 3.05) is 5.32 Å². The van der Waals surface area contributed by atoms with Crippen molar-refractivity contribution in [3.63, 3.8) is 0 Å². The third-order valence-corrected chi connectivity index (χ3v) is 4.40. The second-order valence-electron chi connectivity index (χ2n) is 4.76. The van der Waals surface area contributed by atoms with Crippen molar-refractivity contribution in [2.24, 2.45) is 0 Å². The minimum Gasteiger partial charge on any atom is -0.543 e. The van der Waals surface area contributed by atoms with Crippen LogP contribution in [0.4, 0.5) is 18.9 Å². The summed E-state index contributed by atoms with van der Waals surface area (Å²) in [6.07, 6.45) is -4.58. The smallest absolute Gasteiger partial charge is 0.416 e. The van der Waals surface area contributed by atoms with Crippen molar-refractivity contribution in [2.45, 2.75) is 19.0 Å². The first kappa shape index (κ1) is 18.2. The molecule has 2 aromatic rings. The molecular weight excluding hydrogens is 369 g/mol. The summed E-state index contributed by atoms with van der Waals surface area (Å²) in [4.78, 5) is 26.6. The van der Waals surface area contributed by atoms with Gasteiger partial charge in [0.1, 0.15) is 5.01 Å². The Balaban J connectivity index is 2.20. The van der Waals surface area contributed by atoms with Gasteiger partial charge in [-0.05, 0) is 25.1 Å². The summed E-state index contributed by atoms with van der Waals surface area (Å²) in [5.41, 5.74) is -1.46. The van der Waals surface area contributed by atoms with Crippen LogP contribution in [0.15, 0.2) is 23.6 Å². The molecule has 1 N–H and O–H groups in total. The van der Waals surface area contributed by atoms with Crippen LogP contribution in [0.3, 0.4) is 0 Å². The zero-order chi connectivity index (χ0) is 18.1. The van der Waals surface area contributed by atoms with Crippen molar-refractivity contribution in [1.29, 1.82) is 0 Å². The van der Waals surface area contributed by atoms with Gasteiger partial charge in [-0.15, -0.1) is 11.3 Å². The van der Waals surface area contributed by atoms with E-state index in [2.05, 4.69) is 10.3 Å². The highest BCUT2D eigenvalue weighted by Crippen LogP contribution is 2.34. The van der Waals surface area contributed by atoms with E-state index in [-0.39, 0.29) is 21.4 Å². The van der Waals surface area contributed by atoms with Gasteiger partial charge in [-0.3, -0.25) is 4.79 Å². The molecular formula is C14H9ClF3N2O3S-. The molecule has 0 aliphatic rings. The third-order valence-electron chi connectivity index (χ3n) is 3.05. The Morgan fingerprint density at radius 1 is 1.38 bits per heavy atom. The topological polar surface area (TPSA) is 82.1 Å². The van der Waals surface area contributed by atoms with E-state index in [1.807, 2.05) is 0 Å². The minimum atomic E-state index is -4.58. The molecule has 0 aliphatic heterocycles. The highest BCUT2D eigenvalue weighted by molar-refractivity contribution is 7.10. The normalized spacial score (nSPS) is 12.7. The van der Waals surface area contributed by atoms with Gasteiger partial charge in [-0.25, -0.2) is 4.98 Å². The molecule has 0 radical (unpaired) electrons. The lowest BCUT2D eigenvalue weighted by molar-refractivity contribution is -0.255. The standard InChI is InChI=1S/C14H10ClF3N2O3S/c1-6(12-20-10(5-24-12)13(22)23)11(21)19-9-4-7(14(16,17)18)2-3-8(9)15/h2-6H,1H3,(H,19,21)(H,22,23)/p-1/t6-/m0/s1. The fourth-order valence-corrected chi connectivity index (χ4v) is 2.74. The number of nitrogens with zero attached hydrogens (tertiary/aromatic N) is 1. The number of aromatic carboxylic acids is 1. The van der Waals surface area contributed by atoms with Gasteiger partial charge in [0.15, 0.2) is 0 Å². The zero-order valence-electron chi connectivity index (χ0n) is 12.0. The van der Waals surface area contributed by atoms with Crippen molar-refractivity contribution < 1.29 is 27.9 Å². The van der Waals surface area contributed by atoms with Gasteiger partial charge in [-0.2, -0.15) is 13.2 Å². The Kier molecular flexibility index (Phi) is 5.14. The molecule has 0 saturated heterocycles. The van der Waals surface area contributed by atoms with Crippen LogP contribution >= 0.6 is 22.9 Å². The summed E-state index contributed by atoms with van der Waals surface area (Å²) in [6.45, 7) is 1.44. The number of carboxylic acids is 1. The van der Waals surface area contributed by atoms with Crippen molar-refractivity contribution in [3.05, 3.63) is 44.9 Å². The maximum atomic E-state index is 12.7. The van der Waals surface area contributed by atoms with Gasteiger partial charge in [0.05, 0.1) is 33.9 Å². The number of benzene rings is 1. The summed E-state index contributed by atoms with van der Waals surface area (Å²) in [7, 11) is 0. The molecule has 1 aromatic carbocycles. The molecule has 10 heteroatoms. The fraction of sp³-hybridized carbons (Fsp3) is 0.214. The van der Waals surface area contributed by atoms with Crippen LogP contribution in [0, 0.1) is 0 Å². The number of aromatic nitrogens is 1. The van der Waals surface area contributed by atoms with E-state index in [0.29, 0.717) is 0 Å². The fourth-order valence-electron chi connectivity index (χ4n) is 1.73. The molecule has 24 heavy (non-hydrogen) atoms. The quantitative estimate of drug-likeness (QED) is 0.888. The number of carbonyl (C=O) groups is 2. The monoisotopic (exact) mass is 377 g/mol. The molecule has 0 saturated carbocycles. The molecule has 1 atom stereocenters. The van der Waals surface area contributed by atoms with E-state index in [1.54, 1.807) is 0 Å². The first-order valence-corrected chi connectivity index (χ1v) is 7.69. The van der Waals surface area contributed by atoms with E-state index >= 15 is 0 Å². The number of hydrogen-bond donors (Lipinski definition) is 1. The maximum Gasteiger partial charge on any atom is 0.416 e. The zero-order valence-corrected chi connectivity index (χ0v) is 13.6. The molecule has 128 valence electrons. The number of rotatable bonds is 4. The minimum absolute atomic E-state index is 0.0573. The van der Waals surface area contributed by atoms with Crippen molar-refractivity contribution in [1.82, 2.24) is 4.98 Å². The lowest BCUT2D eigenvalue weighted by Crippen LogP contribution is -2.23. The molecule has 0 aliphatic carbocycles. The van der Waals surface area contributed by atoms with Gasteiger partial charge in [0, 0.05) is 5.38 Å². The third kappa shape index (κ3) is 4.04. The first-order valence-electron chi connectivity index (χ1n) is 6.44. The number of anilines is 1. The highest BCUT2D eigenvalue weighted by atomic mass is 35.5. The van der Waals surface area contributed by atoms with Crippen LogP contribution in [0.1, 0.15) is 33.9 Å². The molecule has 2 rings (SSSR count). The molecule has 1 aromatic heterocycles. The predicted octanol–water partition coefficient (Wildman–Crippen LogP) is 2.92. The van der Waals surface area contributed by atoms with E-state index in [1.165, 1.54) is 12.3 Å². The van der Waals surface area contributed by atoms with Crippen LogP contribution < -0.4 is 10.4 Å². The Bertz CT molecular complexity index is 792. The molecule has 1 heterocycles. The van der Waals surface area contributed by atoms with Crippen molar-refractivity contribution in [3.8, 4) is 0 Å². The van der Waals surface area contributed by atoms with Crippen LogP contribution in [0.2, 0.25) is 5.02 Å². The van der Waals surface area contributed by atoms with Crippen LogP contribution in [-0.2, 0) is 11.0 Å². The summed E-state index contributed by atoms with van der Waals surface area (Å²) >= 11 is 6.74. The van der Waals surface area contributed by atoms with Crippen molar-refractivity contribution >= 4 is 40.5 Å². The van der Waals surface area contributed by atoms with Gasteiger partial charge >= 0.3 is 6.18 Å². The SMILES string of the molecule is C[C@@H](C(=O)Nc1cc(C(F)(F)F)ccc1Cl)c1nc(C(=O)[O-])cs1. The lowest BCUT2D eigenvalue weighted by Gasteiger charge is -2.13. The second kappa shape index (κ2) is 6.78. The Morgan fingerprint density at radius 3 is 2.58 bits per heavy atom. The van der Waals surface area contributed by atoms with Crippen LogP contribution in [-0.4, -0.2) is 16.9 Å². The second-order valence-corrected chi connectivity index (χ2v) is 6.06. The molecule has 0 unspecified atom stereocenters. The largest absolute Gasteiger partial charge is 0.543 e. The number of amides is 1. The summed E-state index contributed by atoms with van der Waals surface area (Å²) in [5.74, 6) is -3.03. The molecule has 0 bridgehead atoms. The average molecular weight is 378 g/mol. The van der Waals surface area contributed by atoms with Gasteiger partial charge in [0.25, 0.3) is 0 Å². The first-order chi connectivity index (χ1) is 11.1. The number of hydrogen-bond acceptors (Lipinski definition) is 5. The van der Waals surface area contributed by atoms with E-state index in [4.69, 9.17) is 11.6 Å². The number of alkyl halides is 3. The Hall–Kier alpha value is -2.13. The summed E-state index contributed by atoms with van der Waals surface area (Å²) in [5, 5.41) is 14.3. The Morgan fingerprint density at radius 2 is 2.04 bits per heavy atom. The molecule has 1 amide bonds. The highest BCUT2D eigenvalue weighted by Gasteiger charge is 2.31. The number of halogens is 4. The van der Waals surface area contributed by atoms with E-state index in [9.17, 15) is 27.9 Å². The number of thiazole rings is 1. The molecule has 5 nitrogen and oxygen atoms in total. The van der Waals surface area contributed by atoms with Crippen LogP contribution in [0.25, 0.3) is 0 Å². The molecule has 0 fully saturated rings. The van der Waals surface area contributed by atoms with E-state index < -0.39 is 29.5 Å². The number of nitrogens with one attached hydrogen (secondary N) is 1. The lowest BCUT2D eigenvalue weighted by atomic mass is 10.1. The van der Waals surface area contributed by atoms with E-state index in [0.717, 1.165) is 29.5 Å². The van der Waals surface area contributed by atoms with Gasteiger partial charge in [0.2, 0.25) is 5.91 Å². The summed E-state index contributed by atoms with van der Waals surface area (Å²) < 4.78 is 38.1. The van der Waals surface area contributed by atoms with Gasteiger partial charge in [-0.1, -0.05) is 11.6 Å².